The Hall–Kier alpha value is -1.42. The van der Waals surface area contributed by atoms with Gasteiger partial charge in [0.1, 0.15) is 11.3 Å². The second-order valence-corrected chi connectivity index (χ2v) is 7.00. The highest BCUT2D eigenvalue weighted by molar-refractivity contribution is 7.98. The summed E-state index contributed by atoms with van der Waals surface area (Å²) in [5, 5.41) is 5.37. The number of hydrogen-bond acceptors (Lipinski definition) is 3. The van der Waals surface area contributed by atoms with Crippen molar-refractivity contribution >= 4 is 34.3 Å². The summed E-state index contributed by atoms with van der Waals surface area (Å²) in [7, 11) is 0. The Morgan fingerprint density at radius 3 is 2.65 bits per heavy atom. The van der Waals surface area contributed by atoms with Gasteiger partial charge in [-0.15, -0.1) is 0 Å². The topological polar surface area (TPSA) is 25.2 Å². The van der Waals surface area contributed by atoms with Crippen molar-refractivity contribution in [1.29, 1.82) is 0 Å². The average molecular weight is 346 g/mol. The van der Waals surface area contributed by atoms with Crippen LogP contribution < -0.4 is 5.32 Å². The summed E-state index contributed by atoms with van der Waals surface area (Å²) in [6, 6.07) is 14.3. The molecule has 0 bridgehead atoms. The van der Waals surface area contributed by atoms with E-state index in [0.717, 1.165) is 51.7 Å². The predicted octanol–water partition coefficient (Wildman–Crippen LogP) is 5.51. The second-order valence-electron chi connectivity index (χ2n) is 5.58. The third-order valence-corrected chi connectivity index (χ3v) is 4.68. The molecule has 0 amide bonds. The Morgan fingerprint density at radius 2 is 1.91 bits per heavy atom. The molecule has 0 saturated heterocycles. The molecule has 1 N–H and O–H groups in total. The fourth-order valence-electron chi connectivity index (χ4n) is 2.70. The van der Waals surface area contributed by atoms with E-state index in [1.165, 1.54) is 5.56 Å². The van der Waals surface area contributed by atoms with Crippen molar-refractivity contribution in [2.24, 2.45) is 0 Å². The lowest BCUT2D eigenvalue weighted by molar-refractivity contribution is 0.522. The standard InChI is InChI=1S/C19H20ClNOS/c1-13-3-8-17-16(11-13)19(14-4-6-15(20)7-5-14)18(22-17)12-21-9-10-23-2/h3-8,11,21H,9-10,12H2,1-2H3. The Balaban J connectivity index is 2.03. The molecule has 0 aliphatic carbocycles. The van der Waals surface area contributed by atoms with E-state index in [4.69, 9.17) is 16.0 Å². The van der Waals surface area contributed by atoms with Crippen molar-refractivity contribution in [1.82, 2.24) is 5.32 Å². The first kappa shape index (κ1) is 16.4. The number of fused-ring (bicyclic) bond motifs is 1. The summed E-state index contributed by atoms with van der Waals surface area (Å²) in [6.07, 6.45) is 2.12. The predicted molar refractivity (Wildman–Crippen MR) is 101 cm³/mol. The van der Waals surface area contributed by atoms with Gasteiger partial charge in [0.25, 0.3) is 0 Å². The summed E-state index contributed by atoms with van der Waals surface area (Å²) in [4.78, 5) is 0. The maximum absolute atomic E-state index is 6.12. The lowest BCUT2D eigenvalue weighted by Gasteiger charge is -2.06. The fraction of sp³-hybridized carbons (Fsp3) is 0.263. The van der Waals surface area contributed by atoms with E-state index >= 15 is 0 Å². The number of hydrogen-bond donors (Lipinski definition) is 1. The molecule has 0 unspecified atom stereocenters. The van der Waals surface area contributed by atoms with Crippen LogP contribution in [0.5, 0.6) is 0 Å². The molecule has 0 aliphatic heterocycles. The Labute approximate surface area is 146 Å². The number of benzene rings is 2. The average Bonchev–Trinajstić information content (AvgIpc) is 2.90. The smallest absolute Gasteiger partial charge is 0.135 e. The second kappa shape index (κ2) is 7.43. The minimum absolute atomic E-state index is 0.728. The molecule has 0 radical (unpaired) electrons. The Morgan fingerprint density at radius 1 is 1.13 bits per heavy atom. The fourth-order valence-corrected chi connectivity index (χ4v) is 3.17. The SMILES string of the molecule is CSCCNCc1oc2ccc(C)cc2c1-c1ccc(Cl)cc1. The largest absolute Gasteiger partial charge is 0.459 e. The van der Waals surface area contributed by atoms with Gasteiger partial charge in [-0.2, -0.15) is 11.8 Å². The molecule has 3 rings (SSSR count). The minimum Gasteiger partial charge on any atom is -0.459 e. The van der Waals surface area contributed by atoms with Gasteiger partial charge in [0, 0.05) is 28.3 Å². The van der Waals surface area contributed by atoms with E-state index < -0.39 is 0 Å². The van der Waals surface area contributed by atoms with Crippen LogP contribution in [0.1, 0.15) is 11.3 Å². The van der Waals surface area contributed by atoms with Crippen molar-refractivity contribution in [3.63, 3.8) is 0 Å². The quantitative estimate of drug-likeness (QED) is 0.596. The zero-order valence-electron chi connectivity index (χ0n) is 13.4. The van der Waals surface area contributed by atoms with Crippen molar-refractivity contribution in [3.8, 4) is 11.1 Å². The lowest BCUT2D eigenvalue weighted by Crippen LogP contribution is -2.16. The third kappa shape index (κ3) is 3.74. The molecule has 2 nitrogen and oxygen atoms in total. The van der Waals surface area contributed by atoms with Gasteiger partial charge in [0.15, 0.2) is 0 Å². The monoisotopic (exact) mass is 345 g/mol. The number of nitrogens with one attached hydrogen (secondary N) is 1. The highest BCUT2D eigenvalue weighted by atomic mass is 35.5. The van der Waals surface area contributed by atoms with Crippen LogP contribution in [0.25, 0.3) is 22.1 Å². The van der Waals surface area contributed by atoms with Crippen LogP contribution in [0.3, 0.4) is 0 Å². The van der Waals surface area contributed by atoms with Gasteiger partial charge in [-0.05, 0) is 43.0 Å². The van der Waals surface area contributed by atoms with Gasteiger partial charge < -0.3 is 9.73 Å². The molecular weight excluding hydrogens is 326 g/mol. The van der Waals surface area contributed by atoms with Gasteiger partial charge in [0.2, 0.25) is 0 Å². The zero-order valence-corrected chi connectivity index (χ0v) is 14.9. The zero-order chi connectivity index (χ0) is 16.2. The van der Waals surface area contributed by atoms with Crippen LogP contribution >= 0.6 is 23.4 Å². The number of rotatable bonds is 6. The molecule has 0 atom stereocenters. The maximum atomic E-state index is 6.12. The first-order valence-electron chi connectivity index (χ1n) is 7.66. The highest BCUT2D eigenvalue weighted by Gasteiger charge is 2.15. The molecule has 1 aromatic heterocycles. The highest BCUT2D eigenvalue weighted by Crippen LogP contribution is 2.36. The summed E-state index contributed by atoms with van der Waals surface area (Å²) < 4.78 is 6.12. The first-order chi connectivity index (χ1) is 11.2. The molecular formula is C19H20ClNOS. The summed E-state index contributed by atoms with van der Waals surface area (Å²) >= 11 is 7.87. The van der Waals surface area contributed by atoms with E-state index in [0.29, 0.717) is 0 Å². The molecule has 2 aromatic carbocycles. The van der Waals surface area contributed by atoms with Gasteiger partial charge in [0.05, 0.1) is 6.54 Å². The lowest BCUT2D eigenvalue weighted by atomic mass is 10.0. The summed E-state index contributed by atoms with van der Waals surface area (Å²) in [5.74, 6) is 2.07. The minimum atomic E-state index is 0.728. The van der Waals surface area contributed by atoms with Gasteiger partial charge in [-0.1, -0.05) is 35.4 Å². The molecule has 4 heteroatoms. The van der Waals surface area contributed by atoms with Crippen LogP contribution in [0, 0.1) is 6.92 Å². The van der Waals surface area contributed by atoms with Crippen LogP contribution in [-0.2, 0) is 6.54 Å². The number of aryl methyl sites for hydroxylation is 1. The van der Waals surface area contributed by atoms with E-state index in [9.17, 15) is 0 Å². The Kier molecular flexibility index (Phi) is 5.31. The van der Waals surface area contributed by atoms with E-state index in [-0.39, 0.29) is 0 Å². The first-order valence-corrected chi connectivity index (χ1v) is 9.44. The van der Waals surface area contributed by atoms with Crippen molar-refractivity contribution in [2.45, 2.75) is 13.5 Å². The maximum Gasteiger partial charge on any atom is 0.135 e. The van der Waals surface area contributed by atoms with E-state index in [1.807, 2.05) is 23.9 Å². The molecule has 0 fully saturated rings. The van der Waals surface area contributed by atoms with Gasteiger partial charge in [-0.25, -0.2) is 0 Å². The van der Waals surface area contributed by atoms with Crippen LogP contribution in [0.4, 0.5) is 0 Å². The van der Waals surface area contributed by atoms with Crippen LogP contribution in [0.15, 0.2) is 46.9 Å². The molecule has 23 heavy (non-hydrogen) atoms. The summed E-state index contributed by atoms with van der Waals surface area (Å²) in [5.41, 5.74) is 4.47. The van der Waals surface area contributed by atoms with Gasteiger partial charge in [-0.3, -0.25) is 0 Å². The van der Waals surface area contributed by atoms with E-state index in [1.54, 1.807) is 0 Å². The van der Waals surface area contributed by atoms with Crippen LogP contribution in [0.2, 0.25) is 5.02 Å². The molecule has 3 aromatic rings. The number of furan rings is 1. The molecule has 0 saturated carbocycles. The van der Waals surface area contributed by atoms with Crippen molar-refractivity contribution < 1.29 is 4.42 Å². The summed E-state index contributed by atoms with van der Waals surface area (Å²) in [6.45, 7) is 3.80. The number of thioether (sulfide) groups is 1. The number of halogens is 1. The molecule has 0 spiro atoms. The third-order valence-electron chi connectivity index (χ3n) is 3.82. The van der Waals surface area contributed by atoms with Crippen molar-refractivity contribution in [2.75, 3.05) is 18.6 Å². The normalized spacial score (nSPS) is 11.3. The van der Waals surface area contributed by atoms with Crippen LogP contribution in [-0.4, -0.2) is 18.6 Å². The van der Waals surface area contributed by atoms with Gasteiger partial charge >= 0.3 is 0 Å². The van der Waals surface area contributed by atoms with Crippen molar-refractivity contribution in [3.05, 3.63) is 58.8 Å². The molecule has 0 aliphatic rings. The Bertz CT molecular complexity index is 795. The molecule has 1 heterocycles. The molecule has 120 valence electrons. The van der Waals surface area contributed by atoms with E-state index in [2.05, 4.69) is 48.8 Å².